The molecule has 0 radical (unpaired) electrons. The summed E-state index contributed by atoms with van der Waals surface area (Å²) in [5.74, 6) is 0.664. The third-order valence-corrected chi connectivity index (χ3v) is 3.00. The van der Waals surface area contributed by atoms with Crippen molar-refractivity contribution in [3.05, 3.63) is 29.3 Å². The fourth-order valence-electron chi connectivity index (χ4n) is 1.69. The molecule has 0 amide bonds. The molecule has 114 valence electrons. The maximum atomic E-state index is 9.83. The Bertz CT molecular complexity index is 355. The van der Waals surface area contributed by atoms with Crippen LogP contribution in [0.2, 0.25) is 5.02 Å². The topological polar surface area (TPSA) is 71.0 Å². The van der Waals surface area contributed by atoms with Crippen molar-refractivity contribution in [1.29, 1.82) is 0 Å². The Labute approximate surface area is 124 Å². The molecule has 0 aliphatic heterocycles. The number of aliphatic hydroxyl groups is 2. The van der Waals surface area contributed by atoms with Crippen LogP contribution in [0.5, 0.6) is 5.75 Å². The van der Waals surface area contributed by atoms with E-state index in [1.54, 1.807) is 31.4 Å². The average Bonchev–Trinajstić information content (AvgIpc) is 2.44. The minimum atomic E-state index is -0.635. The zero-order chi connectivity index (χ0) is 14.8. The van der Waals surface area contributed by atoms with Gasteiger partial charge in [0.15, 0.2) is 0 Å². The van der Waals surface area contributed by atoms with Gasteiger partial charge in [-0.3, -0.25) is 0 Å². The van der Waals surface area contributed by atoms with Crippen molar-refractivity contribution in [2.24, 2.45) is 0 Å². The van der Waals surface area contributed by atoms with Crippen LogP contribution in [0.4, 0.5) is 0 Å². The second kappa shape index (κ2) is 9.96. The van der Waals surface area contributed by atoms with Crippen molar-refractivity contribution >= 4 is 11.6 Å². The third-order valence-electron chi connectivity index (χ3n) is 2.74. The van der Waals surface area contributed by atoms with E-state index in [1.807, 2.05) is 0 Å². The molecule has 0 aliphatic carbocycles. The molecule has 3 N–H and O–H groups in total. The maximum Gasteiger partial charge on any atom is 0.119 e. The second-order valence-corrected chi connectivity index (χ2v) is 4.93. The van der Waals surface area contributed by atoms with E-state index >= 15 is 0 Å². The summed E-state index contributed by atoms with van der Waals surface area (Å²) in [6.45, 7) is 1.14. The van der Waals surface area contributed by atoms with Gasteiger partial charge in [-0.05, 0) is 30.7 Å². The molecule has 2 atom stereocenters. The van der Waals surface area contributed by atoms with Crippen LogP contribution in [0.3, 0.4) is 0 Å². The molecule has 0 saturated heterocycles. The van der Waals surface area contributed by atoms with Gasteiger partial charge in [0.1, 0.15) is 18.5 Å². The molecule has 2 unspecified atom stereocenters. The summed E-state index contributed by atoms with van der Waals surface area (Å²) in [5.41, 5.74) is 0. The van der Waals surface area contributed by atoms with Gasteiger partial charge in [0.25, 0.3) is 0 Å². The Morgan fingerprint density at radius 2 is 1.95 bits per heavy atom. The summed E-state index contributed by atoms with van der Waals surface area (Å²) in [6.07, 6.45) is -0.0535. The van der Waals surface area contributed by atoms with E-state index in [1.165, 1.54) is 0 Å². The van der Waals surface area contributed by atoms with Gasteiger partial charge in [-0.1, -0.05) is 11.6 Å². The average molecular weight is 304 g/mol. The lowest BCUT2D eigenvalue weighted by Gasteiger charge is -2.19. The van der Waals surface area contributed by atoms with Gasteiger partial charge in [0, 0.05) is 31.3 Å². The molecule has 5 nitrogen and oxygen atoms in total. The van der Waals surface area contributed by atoms with Crippen LogP contribution in [0, 0.1) is 0 Å². The molecule has 1 aromatic rings. The molecule has 1 aromatic carbocycles. The summed E-state index contributed by atoms with van der Waals surface area (Å²) in [6, 6.07) is 6.99. The lowest BCUT2D eigenvalue weighted by molar-refractivity contribution is 0.0919. The second-order valence-electron chi connectivity index (χ2n) is 4.49. The number of halogens is 1. The van der Waals surface area contributed by atoms with E-state index in [0.717, 1.165) is 0 Å². The molecule has 0 aromatic heterocycles. The van der Waals surface area contributed by atoms with Gasteiger partial charge in [0.2, 0.25) is 0 Å². The van der Waals surface area contributed by atoms with E-state index in [0.29, 0.717) is 30.3 Å². The van der Waals surface area contributed by atoms with Crippen LogP contribution in [0.15, 0.2) is 24.3 Å². The first-order valence-electron chi connectivity index (χ1n) is 6.55. The summed E-state index contributed by atoms with van der Waals surface area (Å²) < 4.78 is 10.5. The number of methoxy groups -OCH3 is 1. The fraction of sp³-hybridized carbons (Fsp3) is 0.571. The Balaban J connectivity index is 2.25. The molecule has 0 bridgehead atoms. The van der Waals surface area contributed by atoms with E-state index in [4.69, 9.17) is 26.2 Å². The van der Waals surface area contributed by atoms with Gasteiger partial charge >= 0.3 is 0 Å². The van der Waals surface area contributed by atoms with Gasteiger partial charge in [-0.15, -0.1) is 0 Å². The Hall–Kier alpha value is -0.850. The van der Waals surface area contributed by atoms with Crippen LogP contribution in [-0.4, -0.2) is 55.8 Å². The van der Waals surface area contributed by atoms with Crippen LogP contribution >= 0.6 is 11.6 Å². The molecule has 0 saturated carbocycles. The predicted molar refractivity (Wildman–Crippen MR) is 78.3 cm³/mol. The Morgan fingerprint density at radius 3 is 2.55 bits per heavy atom. The number of rotatable bonds is 10. The minimum Gasteiger partial charge on any atom is -0.491 e. The molecule has 0 fully saturated rings. The molecule has 0 aliphatic rings. The van der Waals surface area contributed by atoms with Crippen molar-refractivity contribution in [3.8, 4) is 5.75 Å². The SMILES string of the molecule is COCC(CCO)NCC(O)COc1ccc(Cl)cc1. The first-order valence-corrected chi connectivity index (χ1v) is 6.93. The molecular weight excluding hydrogens is 282 g/mol. The van der Waals surface area contributed by atoms with Crippen LogP contribution < -0.4 is 10.1 Å². The maximum absolute atomic E-state index is 9.83. The van der Waals surface area contributed by atoms with Gasteiger partial charge in [-0.2, -0.15) is 0 Å². The molecule has 0 heterocycles. The number of nitrogens with one attached hydrogen (secondary N) is 1. The van der Waals surface area contributed by atoms with Crippen molar-refractivity contribution in [2.45, 2.75) is 18.6 Å². The smallest absolute Gasteiger partial charge is 0.119 e. The lowest BCUT2D eigenvalue weighted by atomic mass is 10.2. The Kier molecular flexibility index (Phi) is 8.57. The summed E-state index contributed by atoms with van der Waals surface area (Å²) >= 11 is 5.77. The summed E-state index contributed by atoms with van der Waals surface area (Å²) in [4.78, 5) is 0. The highest BCUT2D eigenvalue weighted by Crippen LogP contribution is 2.15. The van der Waals surface area contributed by atoms with Gasteiger partial charge < -0.3 is 25.0 Å². The van der Waals surface area contributed by atoms with Crippen molar-refractivity contribution < 1.29 is 19.7 Å². The molecule has 1 rings (SSSR count). The van der Waals surface area contributed by atoms with E-state index < -0.39 is 6.10 Å². The van der Waals surface area contributed by atoms with Crippen LogP contribution in [0.1, 0.15) is 6.42 Å². The van der Waals surface area contributed by atoms with Crippen molar-refractivity contribution in [2.75, 3.05) is 33.5 Å². The number of ether oxygens (including phenoxy) is 2. The first kappa shape index (κ1) is 17.2. The summed E-state index contributed by atoms with van der Waals surface area (Å²) in [5, 5.41) is 22.5. The highest BCUT2D eigenvalue weighted by molar-refractivity contribution is 6.30. The first-order chi connectivity index (χ1) is 9.65. The number of hydrogen-bond donors (Lipinski definition) is 3. The Morgan fingerprint density at radius 1 is 1.25 bits per heavy atom. The normalized spacial score (nSPS) is 14.0. The van der Waals surface area contributed by atoms with Crippen LogP contribution in [0.25, 0.3) is 0 Å². The van der Waals surface area contributed by atoms with Crippen LogP contribution in [-0.2, 0) is 4.74 Å². The summed E-state index contributed by atoms with van der Waals surface area (Å²) in [7, 11) is 1.60. The quantitative estimate of drug-likeness (QED) is 0.603. The number of benzene rings is 1. The van der Waals surface area contributed by atoms with E-state index in [-0.39, 0.29) is 19.3 Å². The number of hydrogen-bond acceptors (Lipinski definition) is 5. The highest BCUT2D eigenvalue weighted by Gasteiger charge is 2.11. The van der Waals surface area contributed by atoms with E-state index in [9.17, 15) is 5.11 Å². The monoisotopic (exact) mass is 303 g/mol. The zero-order valence-corrected chi connectivity index (χ0v) is 12.3. The minimum absolute atomic E-state index is 0.0233. The number of aliphatic hydroxyl groups excluding tert-OH is 2. The highest BCUT2D eigenvalue weighted by atomic mass is 35.5. The third kappa shape index (κ3) is 7.07. The fourth-order valence-corrected chi connectivity index (χ4v) is 1.81. The van der Waals surface area contributed by atoms with E-state index in [2.05, 4.69) is 5.32 Å². The van der Waals surface area contributed by atoms with Crippen molar-refractivity contribution in [1.82, 2.24) is 5.32 Å². The van der Waals surface area contributed by atoms with Crippen molar-refractivity contribution in [3.63, 3.8) is 0 Å². The molecule has 0 spiro atoms. The standard InChI is InChI=1S/C14H22ClNO4/c1-19-9-12(6-7-17)16-8-13(18)10-20-14-4-2-11(15)3-5-14/h2-5,12-13,16-18H,6-10H2,1H3. The van der Waals surface area contributed by atoms with Gasteiger partial charge in [0.05, 0.1) is 6.61 Å². The van der Waals surface area contributed by atoms with Gasteiger partial charge in [-0.25, -0.2) is 0 Å². The molecular formula is C14H22ClNO4. The molecule has 6 heteroatoms. The largest absolute Gasteiger partial charge is 0.491 e. The predicted octanol–water partition coefficient (Wildman–Crippen LogP) is 1.07. The lowest BCUT2D eigenvalue weighted by Crippen LogP contribution is -2.40. The molecule has 20 heavy (non-hydrogen) atoms. The zero-order valence-electron chi connectivity index (χ0n) is 11.6.